The minimum absolute atomic E-state index is 0.264. The van der Waals surface area contributed by atoms with E-state index in [0.717, 1.165) is 11.4 Å². The molecule has 112 valence electrons. The Labute approximate surface area is 132 Å². The summed E-state index contributed by atoms with van der Waals surface area (Å²) in [6.45, 7) is 2.30. The number of aromatic nitrogens is 3. The molecule has 0 saturated carbocycles. The van der Waals surface area contributed by atoms with E-state index in [1.165, 1.54) is 17.3 Å². The highest BCUT2D eigenvalue weighted by Crippen LogP contribution is 2.21. The maximum Gasteiger partial charge on any atom is 0.277 e. The Bertz CT molecular complexity index is 714. The summed E-state index contributed by atoms with van der Waals surface area (Å²) in [6.07, 6.45) is 1.77. The third kappa shape index (κ3) is 4.08. The fraction of sp³-hybridized carbons (Fsp3) is 0.188. The van der Waals surface area contributed by atoms with Crippen LogP contribution in [0.25, 0.3) is 0 Å². The number of hydrogen-bond acceptors (Lipinski definition) is 6. The van der Waals surface area contributed by atoms with Gasteiger partial charge in [0.2, 0.25) is 0 Å². The molecule has 22 heavy (non-hydrogen) atoms. The van der Waals surface area contributed by atoms with Crippen molar-refractivity contribution in [3.8, 4) is 5.75 Å². The zero-order valence-corrected chi connectivity index (χ0v) is 12.9. The lowest BCUT2D eigenvalue weighted by Crippen LogP contribution is -1.95. The van der Waals surface area contributed by atoms with Gasteiger partial charge in [0.05, 0.1) is 5.69 Å². The van der Waals surface area contributed by atoms with Crippen LogP contribution in [-0.4, -0.2) is 15.2 Å². The largest absolute Gasteiger partial charge is 0.484 e. The zero-order chi connectivity index (χ0) is 15.2. The van der Waals surface area contributed by atoms with Crippen molar-refractivity contribution < 1.29 is 9.15 Å². The van der Waals surface area contributed by atoms with Gasteiger partial charge in [-0.05, 0) is 31.2 Å². The van der Waals surface area contributed by atoms with Crippen molar-refractivity contribution in [2.45, 2.75) is 24.5 Å². The molecule has 0 bridgehead atoms. The average Bonchev–Trinajstić information content (AvgIpc) is 3.01. The first-order chi connectivity index (χ1) is 10.8. The highest BCUT2D eigenvalue weighted by atomic mass is 32.2. The molecule has 0 spiro atoms. The standard InChI is InChI=1S/C16H15N3O2S/c1-12-5-7-14(8-6-12)20-10-15-18-19-16(21-15)22-11-13-4-2-3-9-17-13/h2-9H,10-11H2,1H3. The number of ether oxygens (including phenoxy) is 1. The van der Waals surface area contributed by atoms with E-state index in [4.69, 9.17) is 9.15 Å². The quantitative estimate of drug-likeness (QED) is 0.647. The Morgan fingerprint density at radius 3 is 2.73 bits per heavy atom. The van der Waals surface area contributed by atoms with E-state index < -0.39 is 0 Å². The van der Waals surface area contributed by atoms with Crippen LogP contribution >= 0.6 is 11.8 Å². The monoisotopic (exact) mass is 313 g/mol. The van der Waals surface area contributed by atoms with Crippen molar-refractivity contribution in [1.29, 1.82) is 0 Å². The summed E-state index contributed by atoms with van der Waals surface area (Å²) in [7, 11) is 0. The van der Waals surface area contributed by atoms with E-state index in [9.17, 15) is 0 Å². The van der Waals surface area contributed by atoms with Crippen LogP contribution in [-0.2, 0) is 12.4 Å². The Balaban J connectivity index is 1.51. The van der Waals surface area contributed by atoms with Gasteiger partial charge in [0.15, 0.2) is 6.61 Å². The maximum absolute atomic E-state index is 5.61. The molecule has 3 aromatic rings. The van der Waals surface area contributed by atoms with Crippen LogP contribution < -0.4 is 4.74 Å². The first-order valence-electron chi connectivity index (χ1n) is 6.84. The first-order valence-corrected chi connectivity index (χ1v) is 7.83. The van der Waals surface area contributed by atoms with Gasteiger partial charge in [0, 0.05) is 11.9 Å². The molecule has 0 aliphatic heterocycles. The van der Waals surface area contributed by atoms with E-state index in [1.54, 1.807) is 6.20 Å². The van der Waals surface area contributed by atoms with Crippen LogP contribution in [0.15, 0.2) is 58.3 Å². The summed E-state index contributed by atoms with van der Waals surface area (Å²) in [5, 5.41) is 8.50. The van der Waals surface area contributed by atoms with E-state index in [0.29, 0.717) is 16.9 Å². The predicted octanol–water partition coefficient (Wildman–Crippen LogP) is 3.64. The smallest absolute Gasteiger partial charge is 0.277 e. The number of thioether (sulfide) groups is 1. The molecule has 0 aliphatic carbocycles. The lowest BCUT2D eigenvalue weighted by atomic mass is 10.2. The Hall–Kier alpha value is -2.34. The summed E-state index contributed by atoms with van der Waals surface area (Å²) in [4.78, 5) is 4.25. The summed E-state index contributed by atoms with van der Waals surface area (Å²) in [6, 6.07) is 13.6. The van der Waals surface area contributed by atoms with Crippen molar-refractivity contribution in [1.82, 2.24) is 15.2 Å². The topological polar surface area (TPSA) is 61.0 Å². The zero-order valence-electron chi connectivity index (χ0n) is 12.1. The van der Waals surface area contributed by atoms with Crippen molar-refractivity contribution >= 4 is 11.8 Å². The van der Waals surface area contributed by atoms with Gasteiger partial charge in [-0.3, -0.25) is 4.98 Å². The minimum Gasteiger partial charge on any atom is -0.484 e. The normalized spacial score (nSPS) is 10.6. The fourth-order valence-electron chi connectivity index (χ4n) is 1.75. The molecule has 0 unspecified atom stereocenters. The summed E-state index contributed by atoms with van der Waals surface area (Å²) >= 11 is 1.46. The number of rotatable bonds is 6. The van der Waals surface area contributed by atoms with Crippen molar-refractivity contribution in [3.05, 3.63) is 65.8 Å². The van der Waals surface area contributed by atoms with Gasteiger partial charge in [-0.25, -0.2) is 0 Å². The molecule has 0 amide bonds. The van der Waals surface area contributed by atoms with Crippen LogP contribution in [0, 0.1) is 6.92 Å². The Morgan fingerprint density at radius 2 is 1.95 bits per heavy atom. The second kappa shape index (κ2) is 7.09. The molecule has 1 aromatic carbocycles. The average molecular weight is 313 g/mol. The number of aryl methyl sites for hydroxylation is 1. The number of pyridine rings is 1. The van der Waals surface area contributed by atoms with Gasteiger partial charge in [-0.2, -0.15) is 0 Å². The molecule has 0 atom stereocenters. The Morgan fingerprint density at radius 1 is 1.09 bits per heavy atom. The summed E-state index contributed by atoms with van der Waals surface area (Å²) in [5.41, 5.74) is 2.17. The van der Waals surface area contributed by atoms with Crippen molar-refractivity contribution in [3.63, 3.8) is 0 Å². The molecule has 2 aromatic heterocycles. The molecular weight excluding hydrogens is 298 g/mol. The number of benzene rings is 1. The second-order valence-corrected chi connectivity index (χ2v) is 5.60. The molecular formula is C16H15N3O2S. The maximum atomic E-state index is 5.61. The van der Waals surface area contributed by atoms with Crippen LogP contribution in [0.5, 0.6) is 5.75 Å². The van der Waals surface area contributed by atoms with Crippen molar-refractivity contribution in [2.24, 2.45) is 0 Å². The number of hydrogen-bond donors (Lipinski definition) is 0. The minimum atomic E-state index is 0.264. The predicted molar refractivity (Wildman–Crippen MR) is 83.6 cm³/mol. The van der Waals surface area contributed by atoms with Gasteiger partial charge < -0.3 is 9.15 Å². The van der Waals surface area contributed by atoms with Crippen molar-refractivity contribution in [2.75, 3.05) is 0 Å². The fourth-order valence-corrected chi connectivity index (χ4v) is 2.45. The number of nitrogens with zero attached hydrogens (tertiary/aromatic N) is 3. The van der Waals surface area contributed by atoms with Gasteiger partial charge in [-0.1, -0.05) is 35.5 Å². The second-order valence-electron chi connectivity index (χ2n) is 4.67. The summed E-state index contributed by atoms with van der Waals surface area (Å²) < 4.78 is 11.1. The Kier molecular flexibility index (Phi) is 4.70. The lowest BCUT2D eigenvalue weighted by molar-refractivity contribution is 0.252. The van der Waals surface area contributed by atoms with Crippen LogP contribution in [0.3, 0.4) is 0 Å². The third-order valence-electron chi connectivity index (χ3n) is 2.90. The van der Waals surface area contributed by atoms with Crippen LogP contribution in [0.2, 0.25) is 0 Å². The molecule has 0 aliphatic rings. The molecule has 3 rings (SSSR count). The van der Waals surface area contributed by atoms with E-state index >= 15 is 0 Å². The SMILES string of the molecule is Cc1ccc(OCc2nnc(SCc3ccccn3)o2)cc1. The highest BCUT2D eigenvalue weighted by Gasteiger charge is 2.08. The van der Waals surface area contributed by atoms with Crippen LogP contribution in [0.1, 0.15) is 17.1 Å². The van der Waals surface area contributed by atoms with E-state index in [-0.39, 0.29) is 6.61 Å². The molecule has 0 N–H and O–H groups in total. The first kappa shape index (κ1) is 14.6. The highest BCUT2D eigenvalue weighted by molar-refractivity contribution is 7.98. The third-order valence-corrected chi connectivity index (χ3v) is 3.75. The summed E-state index contributed by atoms with van der Waals surface area (Å²) in [5.74, 6) is 1.94. The van der Waals surface area contributed by atoms with Crippen LogP contribution in [0.4, 0.5) is 0 Å². The van der Waals surface area contributed by atoms with E-state index in [1.807, 2.05) is 49.4 Å². The molecule has 0 radical (unpaired) electrons. The van der Waals surface area contributed by atoms with Gasteiger partial charge in [0.25, 0.3) is 11.1 Å². The van der Waals surface area contributed by atoms with Gasteiger partial charge in [-0.15, -0.1) is 10.2 Å². The molecule has 0 fully saturated rings. The molecule has 6 heteroatoms. The molecule has 0 saturated heterocycles. The lowest BCUT2D eigenvalue weighted by Gasteiger charge is -2.02. The molecule has 2 heterocycles. The van der Waals surface area contributed by atoms with Gasteiger partial charge in [0.1, 0.15) is 5.75 Å². The van der Waals surface area contributed by atoms with E-state index in [2.05, 4.69) is 15.2 Å². The molecule has 5 nitrogen and oxygen atoms in total. The van der Waals surface area contributed by atoms with Gasteiger partial charge >= 0.3 is 0 Å².